The van der Waals surface area contributed by atoms with Crippen LogP contribution in [-0.4, -0.2) is 26.7 Å². The lowest BCUT2D eigenvalue weighted by Gasteiger charge is -2.26. The van der Waals surface area contributed by atoms with E-state index < -0.39 is 10.0 Å². The molecule has 0 fully saturated rings. The minimum atomic E-state index is -3.72. The number of carbonyl (C=O) groups is 1. The van der Waals surface area contributed by atoms with Crippen molar-refractivity contribution in [3.8, 4) is 5.75 Å². The van der Waals surface area contributed by atoms with E-state index in [-0.39, 0.29) is 23.5 Å². The molecule has 0 radical (unpaired) electrons. The van der Waals surface area contributed by atoms with Crippen molar-refractivity contribution in [3.05, 3.63) is 48.0 Å². The van der Waals surface area contributed by atoms with Crippen molar-refractivity contribution >= 4 is 33.4 Å². The zero-order valence-electron chi connectivity index (χ0n) is 13.2. The van der Waals surface area contributed by atoms with Gasteiger partial charge < -0.3 is 10.1 Å². The fourth-order valence-corrected chi connectivity index (χ4v) is 5.35. The Balaban J connectivity index is 1.63. The van der Waals surface area contributed by atoms with Crippen LogP contribution in [0.25, 0.3) is 0 Å². The Labute approximate surface area is 150 Å². The summed E-state index contributed by atoms with van der Waals surface area (Å²) in [7, 11) is -3.72. The average molecular weight is 376 g/mol. The number of amides is 1. The van der Waals surface area contributed by atoms with Gasteiger partial charge in [-0.15, -0.1) is 11.8 Å². The fourth-order valence-electron chi connectivity index (χ4n) is 2.95. The summed E-state index contributed by atoms with van der Waals surface area (Å²) in [5, 5.41) is 2.63. The van der Waals surface area contributed by atoms with Crippen LogP contribution in [0.4, 0.5) is 5.69 Å². The highest BCUT2D eigenvalue weighted by Crippen LogP contribution is 2.37. The summed E-state index contributed by atoms with van der Waals surface area (Å²) >= 11 is 1.73. The Hall–Kier alpha value is -2.03. The Morgan fingerprint density at radius 3 is 2.92 bits per heavy atom. The molecule has 0 aliphatic carbocycles. The summed E-state index contributed by atoms with van der Waals surface area (Å²) in [6.45, 7) is -0.0616. The van der Waals surface area contributed by atoms with Crippen LogP contribution in [0.1, 0.15) is 18.0 Å². The Kier molecular flexibility index (Phi) is 4.18. The fraction of sp³-hybridized carbons (Fsp3) is 0.235. The molecule has 130 valence electrons. The number of sulfonamides is 1. The maximum atomic E-state index is 12.8. The van der Waals surface area contributed by atoms with Crippen LogP contribution in [-0.2, 0) is 14.8 Å². The van der Waals surface area contributed by atoms with Crippen LogP contribution < -0.4 is 14.8 Å². The smallest absolute Gasteiger partial charge is 0.262 e. The first kappa shape index (κ1) is 16.4. The number of hydrogen-bond donors (Lipinski definition) is 2. The van der Waals surface area contributed by atoms with Crippen molar-refractivity contribution in [2.45, 2.75) is 22.3 Å². The zero-order valence-corrected chi connectivity index (χ0v) is 14.8. The number of carbonyl (C=O) groups excluding carboxylic acids is 1. The van der Waals surface area contributed by atoms with Gasteiger partial charge in [0.2, 0.25) is 10.0 Å². The Morgan fingerprint density at radius 2 is 2.04 bits per heavy atom. The molecule has 4 rings (SSSR count). The molecule has 2 N–H and O–H groups in total. The molecule has 0 spiro atoms. The van der Waals surface area contributed by atoms with Crippen LogP contribution in [0, 0.1) is 0 Å². The van der Waals surface area contributed by atoms with Gasteiger partial charge in [-0.1, -0.05) is 18.2 Å². The van der Waals surface area contributed by atoms with E-state index in [4.69, 9.17) is 4.74 Å². The molecule has 2 aromatic rings. The van der Waals surface area contributed by atoms with Gasteiger partial charge in [0.05, 0.1) is 10.6 Å². The first-order chi connectivity index (χ1) is 12.0. The summed E-state index contributed by atoms with van der Waals surface area (Å²) in [6, 6.07) is 12.0. The predicted molar refractivity (Wildman–Crippen MR) is 95.4 cm³/mol. The highest BCUT2D eigenvalue weighted by molar-refractivity contribution is 7.99. The largest absolute Gasteiger partial charge is 0.482 e. The third kappa shape index (κ3) is 3.24. The molecule has 0 saturated heterocycles. The molecule has 6 nitrogen and oxygen atoms in total. The number of fused-ring (bicyclic) bond motifs is 2. The van der Waals surface area contributed by atoms with Gasteiger partial charge in [0.1, 0.15) is 5.75 Å². The predicted octanol–water partition coefficient (Wildman–Crippen LogP) is 2.53. The van der Waals surface area contributed by atoms with Gasteiger partial charge >= 0.3 is 0 Å². The number of rotatable bonds is 3. The number of anilines is 1. The molecule has 2 aromatic carbocycles. The second-order valence-electron chi connectivity index (χ2n) is 5.84. The number of nitrogens with one attached hydrogen (secondary N) is 2. The third-order valence-electron chi connectivity index (χ3n) is 4.15. The highest BCUT2D eigenvalue weighted by Gasteiger charge is 2.27. The van der Waals surface area contributed by atoms with E-state index in [1.165, 1.54) is 12.1 Å². The first-order valence-electron chi connectivity index (χ1n) is 7.84. The van der Waals surface area contributed by atoms with E-state index in [0.29, 0.717) is 11.4 Å². The van der Waals surface area contributed by atoms with Crippen LogP contribution in [0.15, 0.2) is 52.3 Å². The summed E-state index contributed by atoms with van der Waals surface area (Å²) in [6.07, 6.45) is 0.728. The lowest BCUT2D eigenvalue weighted by atomic mass is 10.1. The monoisotopic (exact) mass is 376 g/mol. The molecule has 0 aromatic heterocycles. The van der Waals surface area contributed by atoms with Gasteiger partial charge in [0.25, 0.3) is 5.91 Å². The van der Waals surface area contributed by atoms with Gasteiger partial charge in [-0.2, -0.15) is 0 Å². The van der Waals surface area contributed by atoms with E-state index in [1.807, 2.05) is 24.3 Å². The van der Waals surface area contributed by atoms with Crippen LogP contribution in [0.2, 0.25) is 0 Å². The minimum absolute atomic E-state index is 0.0616. The number of benzene rings is 2. The highest BCUT2D eigenvalue weighted by atomic mass is 32.2. The van der Waals surface area contributed by atoms with Gasteiger partial charge in [-0.05, 0) is 42.0 Å². The molecule has 25 heavy (non-hydrogen) atoms. The molecule has 1 amide bonds. The summed E-state index contributed by atoms with van der Waals surface area (Å²) in [5.74, 6) is 1.03. The molecule has 2 heterocycles. The number of ether oxygens (including phenoxy) is 1. The number of hydrogen-bond acceptors (Lipinski definition) is 5. The topological polar surface area (TPSA) is 84.5 Å². The SMILES string of the molecule is O=C1COc2ccc(S(=O)(=O)NC3CCSc4ccccc43)cc2N1. The molecule has 2 aliphatic rings. The molecular weight excluding hydrogens is 360 g/mol. The van der Waals surface area contributed by atoms with E-state index >= 15 is 0 Å². The van der Waals surface area contributed by atoms with Gasteiger partial charge in [-0.25, -0.2) is 13.1 Å². The van der Waals surface area contributed by atoms with Crippen LogP contribution in [0.5, 0.6) is 5.75 Å². The molecule has 0 bridgehead atoms. The molecule has 8 heteroatoms. The standard InChI is InChI=1S/C17H16N2O4S2/c20-17-10-23-15-6-5-11(9-14(15)18-17)25(21,22)19-13-7-8-24-16-4-2-1-3-12(13)16/h1-6,9,13,19H,7-8,10H2,(H,18,20). The average Bonchev–Trinajstić information content (AvgIpc) is 2.61. The molecule has 0 saturated carbocycles. The second kappa shape index (κ2) is 6.36. The van der Waals surface area contributed by atoms with E-state index in [1.54, 1.807) is 17.8 Å². The van der Waals surface area contributed by atoms with Gasteiger partial charge in [0, 0.05) is 10.9 Å². The van der Waals surface area contributed by atoms with Crippen molar-refractivity contribution < 1.29 is 17.9 Å². The zero-order chi connectivity index (χ0) is 17.4. The maximum Gasteiger partial charge on any atom is 0.262 e. The Bertz CT molecular complexity index is 943. The Morgan fingerprint density at radius 1 is 1.20 bits per heavy atom. The quantitative estimate of drug-likeness (QED) is 0.860. The van der Waals surface area contributed by atoms with E-state index in [9.17, 15) is 13.2 Å². The van der Waals surface area contributed by atoms with Crippen LogP contribution in [0.3, 0.4) is 0 Å². The van der Waals surface area contributed by atoms with Gasteiger partial charge in [0.15, 0.2) is 6.61 Å². The van der Waals surface area contributed by atoms with Crippen molar-refractivity contribution in [1.82, 2.24) is 4.72 Å². The lowest BCUT2D eigenvalue weighted by molar-refractivity contribution is -0.118. The van der Waals surface area contributed by atoms with Crippen LogP contribution >= 0.6 is 11.8 Å². The maximum absolute atomic E-state index is 12.8. The minimum Gasteiger partial charge on any atom is -0.482 e. The molecular formula is C17H16N2O4S2. The second-order valence-corrected chi connectivity index (χ2v) is 8.69. The van der Waals surface area contributed by atoms with E-state index in [2.05, 4.69) is 10.0 Å². The van der Waals surface area contributed by atoms with Crippen molar-refractivity contribution in [1.29, 1.82) is 0 Å². The van der Waals surface area contributed by atoms with Gasteiger partial charge in [-0.3, -0.25) is 4.79 Å². The van der Waals surface area contributed by atoms with Crippen molar-refractivity contribution in [3.63, 3.8) is 0 Å². The number of thioether (sulfide) groups is 1. The summed E-state index contributed by atoms with van der Waals surface area (Å²) in [4.78, 5) is 12.6. The normalized spacial score (nSPS) is 19.4. The summed E-state index contributed by atoms with van der Waals surface area (Å²) in [5.41, 5.74) is 1.37. The summed E-state index contributed by atoms with van der Waals surface area (Å²) < 4.78 is 33.7. The van der Waals surface area contributed by atoms with Crippen molar-refractivity contribution in [2.24, 2.45) is 0 Å². The molecule has 1 atom stereocenters. The van der Waals surface area contributed by atoms with E-state index in [0.717, 1.165) is 22.6 Å². The van der Waals surface area contributed by atoms with Crippen molar-refractivity contribution in [2.75, 3.05) is 17.7 Å². The first-order valence-corrected chi connectivity index (χ1v) is 10.3. The lowest BCUT2D eigenvalue weighted by Crippen LogP contribution is -2.31. The molecule has 1 unspecified atom stereocenters. The third-order valence-corrected chi connectivity index (χ3v) is 6.74. The molecule has 2 aliphatic heterocycles.